The third kappa shape index (κ3) is 5.50. The second kappa shape index (κ2) is 14.1. The number of hydrogen-bond donors (Lipinski definition) is 0. The van der Waals surface area contributed by atoms with Gasteiger partial charge in [0.15, 0.2) is 0 Å². The summed E-state index contributed by atoms with van der Waals surface area (Å²) in [7, 11) is 0. The van der Waals surface area contributed by atoms with E-state index in [9.17, 15) is 26.0 Å². The Kier molecular flexibility index (Phi) is 3.13. The van der Waals surface area contributed by atoms with Crippen molar-refractivity contribution in [3.8, 4) is 33.4 Å². The molecule has 0 fully saturated rings. The maximum Gasteiger partial charge on any atom is 0.143 e. The molecule has 61 heavy (non-hydrogen) atoms. The van der Waals surface area contributed by atoms with Crippen LogP contribution in [0.5, 0.6) is 0 Å². The quantitative estimate of drug-likeness (QED) is 0.159. The Morgan fingerprint density at radius 3 is 1.64 bits per heavy atom. The minimum Gasteiger partial charge on any atom is -0.455 e. The molecule has 0 saturated carbocycles. The zero-order chi connectivity index (χ0) is 74.3. The van der Waals surface area contributed by atoms with Crippen LogP contribution in [0.15, 0.2) is 240 Å². The van der Waals surface area contributed by atoms with E-state index in [1.807, 2.05) is 0 Å². The van der Waals surface area contributed by atoms with E-state index in [1.165, 1.54) is 0 Å². The molecular formula is C59H39NO. The van der Waals surface area contributed by atoms with Gasteiger partial charge in [-0.15, -0.1) is 0 Å². The van der Waals surface area contributed by atoms with Crippen LogP contribution in [0.2, 0.25) is 0 Å². The summed E-state index contributed by atoms with van der Waals surface area (Å²) in [4.78, 5) is 0.190. The number of rotatable bonds is 7. The summed E-state index contributed by atoms with van der Waals surface area (Å²) in [6, 6.07) is -47.0. The lowest BCUT2D eigenvalue weighted by Gasteiger charge is -2.35. The van der Waals surface area contributed by atoms with E-state index in [2.05, 4.69) is 0 Å². The van der Waals surface area contributed by atoms with Crippen molar-refractivity contribution in [2.24, 2.45) is 0 Å². The van der Waals surface area contributed by atoms with Crippen molar-refractivity contribution in [1.29, 1.82) is 0 Å². The van der Waals surface area contributed by atoms with Crippen molar-refractivity contribution < 1.29 is 57.9 Å². The van der Waals surface area contributed by atoms with Crippen LogP contribution in [0.1, 0.15) is 75.7 Å². The van der Waals surface area contributed by atoms with Crippen LogP contribution >= 0.6 is 0 Å². The molecule has 0 aliphatic heterocycles. The molecule has 12 rings (SSSR count). The lowest BCUT2D eigenvalue weighted by atomic mass is 9.67. The lowest BCUT2D eigenvalue weighted by Crippen LogP contribution is -2.28. The molecule has 0 radical (unpaired) electrons. The summed E-state index contributed by atoms with van der Waals surface area (Å²) in [6.07, 6.45) is 0. The highest BCUT2D eigenvalue weighted by atomic mass is 16.3. The largest absolute Gasteiger partial charge is 0.455 e. The minimum atomic E-state index is -3.58. The van der Waals surface area contributed by atoms with Gasteiger partial charge < -0.3 is 9.32 Å². The average molecular weight is 817 g/mol. The van der Waals surface area contributed by atoms with Gasteiger partial charge in [0.25, 0.3) is 0 Å². The molecule has 10 aromatic carbocycles. The van der Waals surface area contributed by atoms with Gasteiger partial charge in [-0.05, 0) is 103 Å². The van der Waals surface area contributed by atoms with E-state index in [-0.39, 0.29) is 4.90 Å². The van der Waals surface area contributed by atoms with Crippen LogP contribution in [0.25, 0.3) is 66.1 Å². The Hall–Kier alpha value is -7.94. The van der Waals surface area contributed by atoms with Gasteiger partial charge in [-0.25, -0.2) is 0 Å². The van der Waals surface area contributed by atoms with E-state index in [0.717, 1.165) is 0 Å². The van der Waals surface area contributed by atoms with Crippen LogP contribution in [0, 0.1) is 0 Å². The number of fused-ring (bicyclic) bond motifs is 8. The molecule has 0 N–H and O–H groups in total. The highest BCUT2D eigenvalue weighted by Crippen LogP contribution is 2.57. The van der Waals surface area contributed by atoms with E-state index in [0.29, 0.717) is 0 Å². The molecule has 1 aliphatic carbocycles. The molecule has 0 bridgehead atoms. The predicted octanol–water partition coefficient (Wildman–Crippen LogP) is 15.9. The first kappa shape index (κ1) is 13.5. The van der Waals surface area contributed by atoms with Crippen LogP contribution in [0.4, 0.5) is 17.1 Å². The molecule has 0 saturated heterocycles. The van der Waals surface area contributed by atoms with Crippen molar-refractivity contribution in [1.82, 2.24) is 0 Å². The van der Waals surface area contributed by atoms with Gasteiger partial charge in [0.1, 0.15) is 11.2 Å². The summed E-state index contributed by atoms with van der Waals surface area (Å²) in [5.41, 5.74) is -20.3. The smallest absolute Gasteiger partial charge is 0.143 e. The second-order valence-electron chi connectivity index (χ2n) is 13.0. The van der Waals surface area contributed by atoms with E-state index in [1.54, 1.807) is 0 Å². The molecule has 0 amide bonds. The molecule has 2 nitrogen and oxygen atoms in total. The van der Waals surface area contributed by atoms with Gasteiger partial charge in [-0.2, -0.15) is 0 Å². The van der Waals surface area contributed by atoms with Crippen molar-refractivity contribution >= 4 is 49.8 Å². The fraction of sp³-hybridized carbons (Fsp3) is 0.0169. The monoisotopic (exact) mass is 817 g/mol. The number of nitrogens with zero attached hydrogens (tertiary/aromatic N) is 1. The van der Waals surface area contributed by atoms with E-state index >= 15 is 0 Å². The van der Waals surface area contributed by atoms with Gasteiger partial charge in [0.2, 0.25) is 0 Å². The highest BCUT2D eigenvalue weighted by molar-refractivity contribution is 6.19. The van der Waals surface area contributed by atoms with Gasteiger partial charge in [-0.1, -0.05) is 187 Å². The van der Waals surface area contributed by atoms with E-state index < -0.39 is 346 Å². The van der Waals surface area contributed by atoms with Crippen LogP contribution in [-0.2, 0) is 5.41 Å². The second-order valence-corrected chi connectivity index (χ2v) is 13.0. The Labute approximate surface area is 410 Å². The van der Waals surface area contributed by atoms with Crippen molar-refractivity contribution in [2.75, 3.05) is 4.90 Å². The van der Waals surface area contributed by atoms with Gasteiger partial charge in [-0.3, -0.25) is 0 Å². The number of benzene rings is 10. The maximum absolute atomic E-state index is 10.8. The molecule has 286 valence electrons. The average Bonchev–Trinajstić information content (AvgIpc) is 1.46. The summed E-state index contributed by atoms with van der Waals surface area (Å²) in [5, 5.41) is -3.07. The minimum absolute atomic E-state index is 0.190. The van der Waals surface area contributed by atoms with Crippen molar-refractivity contribution in [3.63, 3.8) is 0 Å². The molecule has 11 aromatic rings. The first-order valence-electron chi connectivity index (χ1n) is 37.3. The zero-order valence-corrected chi connectivity index (χ0v) is 30.4. The third-order valence-corrected chi connectivity index (χ3v) is 9.88. The molecule has 1 aliphatic rings. The first-order valence-corrected chi connectivity index (χ1v) is 17.8. The molecule has 0 spiro atoms. The summed E-state index contributed by atoms with van der Waals surface area (Å²) in [6.45, 7) is 0. The van der Waals surface area contributed by atoms with Gasteiger partial charge in [0, 0.05) is 39.3 Å². The maximum atomic E-state index is 10.8. The number of furan rings is 1. The topological polar surface area (TPSA) is 16.4 Å². The molecule has 0 unspecified atom stereocenters. The fourth-order valence-corrected chi connectivity index (χ4v) is 7.39. The predicted molar refractivity (Wildman–Crippen MR) is 254 cm³/mol. The molecular weight excluding hydrogens is 739 g/mol. The first-order chi connectivity index (χ1) is 46.5. The number of hydrogen-bond acceptors (Lipinski definition) is 2. The standard InChI is InChI=1S/C59H39NO/c1-5-18-40(19-6-1)42-22-17-27-45(36-42)60(47-33-35-51-54-39-53(41-20-7-2-8-21-41)48-28-13-14-30-52(48)58(54)61-57(51)38-47)46-32-34-50-49-29-15-16-31-55(49)59(56(50)37-46,43-23-9-3-10-24-43)44-25-11-4-12-26-44/h1-39H/i1D,2D,3D,4D,5D,6D,7D,8D,9D,10D,11D,12D,13D,14D,15D,16D,17D,18D,19D,20D,21D,22D,23D,24D,25D,26D,27D,28D,29D,30D,31D,32D,33D,34D,35D,36D,37D,38D,39D. The Balaban J connectivity index is 1.39. The lowest BCUT2D eigenvalue weighted by molar-refractivity contribution is 0.673. The molecule has 1 aromatic heterocycles. The Bertz CT molecular complexity index is 5550. The van der Waals surface area contributed by atoms with Crippen LogP contribution in [-0.4, -0.2) is 0 Å². The van der Waals surface area contributed by atoms with Crippen LogP contribution in [0.3, 0.4) is 0 Å². The van der Waals surface area contributed by atoms with Crippen molar-refractivity contribution in [3.05, 3.63) is 258 Å². The summed E-state index contributed by atoms with van der Waals surface area (Å²) in [5.74, 6) is 0. The van der Waals surface area contributed by atoms with Gasteiger partial charge >= 0.3 is 0 Å². The normalized spacial score (nSPS) is 21.7. The summed E-state index contributed by atoms with van der Waals surface area (Å²) < 4.78 is 369. The summed E-state index contributed by atoms with van der Waals surface area (Å²) >= 11 is 0. The third-order valence-electron chi connectivity index (χ3n) is 9.88. The Morgan fingerprint density at radius 1 is 0.344 bits per heavy atom. The molecule has 1 heterocycles. The van der Waals surface area contributed by atoms with Gasteiger partial charge in [0.05, 0.1) is 58.9 Å². The molecule has 2 heteroatoms. The zero-order valence-electron chi connectivity index (χ0n) is 69.4. The Morgan fingerprint density at radius 2 is 0.902 bits per heavy atom. The number of anilines is 3. The van der Waals surface area contributed by atoms with Crippen molar-refractivity contribution in [2.45, 2.75) is 5.41 Å². The highest BCUT2D eigenvalue weighted by Gasteiger charge is 2.46. The van der Waals surface area contributed by atoms with E-state index in [4.69, 9.17) is 31.8 Å². The SMILES string of the molecule is [2H]c1c([2H])c([2H])c(-c2c([2H])c([2H])c([2H])c(N(c3c([2H])c([2H])c4c(c3[2H])C(c3c([2H])c([2H])c([2H])c([2H])c3[2H])(c3c([2H])c([2H])c([2H])c([2H])c3[2H])c3c([2H])c([2H])c([2H])c([2H])c3-4)c3c([2H])c([2H])c4c(oc5c6c([2H])c([2H])c([2H])c([2H])c6c(-c6c([2H])c([2H])c([2H])c([2H])c6[2H])c([2H])c54)c3[2H])c2[2H])c([2H])c1[2H]. The molecule has 0 atom stereocenters. The fourth-order valence-electron chi connectivity index (χ4n) is 7.39. The van der Waals surface area contributed by atoms with Crippen LogP contribution < -0.4 is 4.90 Å².